The van der Waals surface area contributed by atoms with Crippen LogP contribution in [0.3, 0.4) is 0 Å². The molecule has 0 bridgehead atoms. The van der Waals surface area contributed by atoms with E-state index in [0.29, 0.717) is 18.5 Å². The van der Waals surface area contributed by atoms with E-state index >= 15 is 0 Å². The summed E-state index contributed by atoms with van der Waals surface area (Å²) in [7, 11) is 1.96. The maximum absolute atomic E-state index is 9.38. The molecule has 0 atom stereocenters. The number of allylic oxidation sites excluding steroid dienone is 1. The molecule has 0 aromatic heterocycles. The molecule has 2 aromatic rings. The Labute approximate surface area is 145 Å². The van der Waals surface area contributed by atoms with Gasteiger partial charge in [-0.25, -0.2) is 0 Å². The summed E-state index contributed by atoms with van der Waals surface area (Å²) in [5.74, 6) is 0. The maximum atomic E-state index is 9.38. The summed E-state index contributed by atoms with van der Waals surface area (Å²) in [5, 5.41) is 18.0. The van der Waals surface area contributed by atoms with Crippen molar-refractivity contribution >= 4 is 33.3 Å². The van der Waals surface area contributed by atoms with Gasteiger partial charge in [0, 0.05) is 23.8 Å². The molecule has 2 aromatic carbocycles. The number of nitriles is 2. The topological polar surface area (TPSA) is 50.8 Å². The summed E-state index contributed by atoms with van der Waals surface area (Å²) in [6.07, 6.45) is 2.38. The molecular weight excluding hydrogens is 350 g/mol. The molecule has 2 rings (SSSR count). The van der Waals surface area contributed by atoms with Crippen LogP contribution >= 0.6 is 15.9 Å². The molecule has 0 aliphatic carbocycles. The zero-order valence-electron chi connectivity index (χ0n) is 12.8. The van der Waals surface area contributed by atoms with Gasteiger partial charge in [-0.3, -0.25) is 0 Å². The molecule has 4 heteroatoms. The van der Waals surface area contributed by atoms with Gasteiger partial charge in [0.25, 0.3) is 0 Å². The van der Waals surface area contributed by atoms with Crippen LogP contribution in [0, 0.1) is 22.7 Å². The van der Waals surface area contributed by atoms with Crippen molar-refractivity contribution in [3.05, 3.63) is 64.1 Å². The second-order valence-corrected chi connectivity index (χ2v) is 6.01. The van der Waals surface area contributed by atoms with Crippen LogP contribution in [0.4, 0.5) is 5.69 Å². The van der Waals surface area contributed by atoms with Crippen molar-refractivity contribution in [1.82, 2.24) is 0 Å². The van der Waals surface area contributed by atoms with Gasteiger partial charge in [0.2, 0.25) is 0 Å². The van der Waals surface area contributed by atoms with Gasteiger partial charge >= 0.3 is 0 Å². The van der Waals surface area contributed by atoms with Gasteiger partial charge < -0.3 is 4.90 Å². The summed E-state index contributed by atoms with van der Waals surface area (Å²) >= 11 is 3.40. The fourth-order valence-electron chi connectivity index (χ4n) is 2.15. The van der Waals surface area contributed by atoms with Gasteiger partial charge in [-0.15, -0.1) is 0 Å². The van der Waals surface area contributed by atoms with Crippen LogP contribution < -0.4 is 4.90 Å². The Hall–Kier alpha value is -2.56. The summed E-state index contributed by atoms with van der Waals surface area (Å²) in [6.45, 7) is 0.702. The molecular formula is C19H16BrN3. The third kappa shape index (κ3) is 4.71. The monoisotopic (exact) mass is 365 g/mol. The van der Waals surface area contributed by atoms with Crippen molar-refractivity contribution in [3.63, 3.8) is 0 Å². The highest BCUT2D eigenvalue weighted by Gasteiger charge is 2.03. The molecule has 0 N–H and O–H groups in total. The Morgan fingerprint density at radius 3 is 2.30 bits per heavy atom. The third-order valence-electron chi connectivity index (χ3n) is 3.48. The van der Waals surface area contributed by atoms with Gasteiger partial charge in [0.15, 0.2) is 0 Å². The fourth-order valence-corrected chi connectivity index (χ4v) is 2.41. The quantitative estimate of drug-likeness (QED) is 0.561. The highest BCUT2D eigenvalue weighted by Crippen LogP contribution is 2.21. The first kappa shape index (κ1) is 16.8. The molecule has 0 spiro atoms. The lowest BCUT2D eigenvalue weighted by atomic mass is 10.0. The van der Waals surface area contributed by atoms with E-state index in [9.17, 15) is 5.26 Å². The number of hydrogen-bond donors (Lipinski definition) is 0. The van der Waals surface area contributed by atoms with E-state index in [4.69, 9.17) is 5.26 Å². The Kier molecular flexibility index (Phi) is 5.97. The van der Waals surface area contributed by atoms with Gasteiger partial charge in [-0.1, -0.05) is 40.2 Å². The first-order chi connectivity index (χ1) is 11.1. The number of halogens is 1. The normalized spacial score (nSPS) is 10.7. The molecule has 0 radical (unpaired) electrons. The van der Waals surface area contributed by atoms with Crippen LogP contribution in [0.2, 0.25) is 0 Å². The number of nitrogens with zero attached hydrogens (tertiary/aromatic N) is 3. The summed E-state index contributed by atoms with van der Waals surface area (Å²) in [6, 6.07) is 20.0. The standard InChI is InChI=1S/C19H16BrN3/c1-23(12-2-11-21)19-9-3-15(4-10-19)13-17(14-22)16-5-7-18(20)8-6-16/h3-10,13H,2,12H2,1H3/b17-13-. The van der Waals surface area contributed by atoms with Crippen LogP contribution in [0.15, 0.2) is 53.0 Å². The van der Waals surface area contributed by atoms with Crippen molar-refractivity contribution < 1.29 is 0 Å². The van der Waals surface area contributed by atoms with E-state index in [0.717, 1.165) is 21.3 Å². The van der Waals surface area contributed by atoms with Crippen molar-refractivity contribution in [1.29, 1.82) is 10.5 Å². The average molecular weight is 366 g/mol. The van der Waals surface area contributed by atoms with Gasteiger partial charge in [0.05, 0.1) is 24.1 Å². The largest absolute Gasteiger partial charge is 0.374 e. The lowest BCUT2D eigenvalue weighted by molar-refractivity contribution is 0.905. The van der Waals surface area contributed by atoms with Crippen LogP contribution in [-0.4, -0.2) is 13.6 Å². The van der Waals surface area contributed by atoms with Crippen molar-refractivity contribution in [2.75, 3.05) is 18.5 Å². The smallest absolute Gasteiger partial charge is 0.0998 e. The molecule has 3 nitrogen and oxygen atoms in total. The molecule has 0 aliphatic heterocycles. The zero-order valence-corrected chi connectivity index (χ0v) is 14.4. The van der Waals surface area contributed by atoms with E-state index in [1.54, 1.807) is 0 Å². The lowest BCUT2D eigenvalue weighted by Gasteiger charge is -2.17. The molecule has 0 fully saturated rings. The van der Waals surface area contributed by atoms with Crippen molar-refractivity contribution in [2.24, 2.45) is 0 Å². The number of rotatable bonds is 5. The van der Waals surface area contributed by atoms with E-state index in [2.05, 4.69) is 28.1 Å². The minimum Gasteiger partial charge on any atom is -0.374 e. The Balaban J connectivity index is 2.19. The SMILES string of the molecule is CN(CCC#N)c1ccc(/C=C(/C#N)c2ccc(Br)cc2)cc1. The second kappa shape index (κ2) is 8.17. The minimum absolute atomic E-state index is 0.500. The molecule has 0 amide bonds. The Morgan fingerprint density at radius 1 is 1.09 bits per heavy atom. The molecule has 0 saturated heterocycles. The second-order valence-electron chi connectivity index (χ2n) is 5.10. The van der Waals surface area contributed by atoms with Crippen molar-refractivity contribution in [2.45, 2.75) is 6.42 Å². The summed E-state index contributed by atoms with van der Waals surface area (Å²) in [4.78, 5) is 2.04. The maximum Gasteiger partial charge on any atom is 0.0998 e. The highest BCUT2D eigenvalue weighted by molar-refractivity contribution is 9.10. The molecule has 0 aliphatic rings. The fraction of sp³-hybridized carbons (Fsp3) is 0.158. The third-order valence-corrected chi connectivity index (χ3v) is 4.01. The van der Waals surface area contributed by atoms with Crippen LogP contribution in [0.5, 0.6) is 0 Å². The predicted octanol–water partition coefficient (Wildman–Crippen LogP) is 4.86. The average Bonchev–Trinajstić information content (AvgIpc) is 2.59. The number of benzene rings is 2. The number of hydrogen-bond acceptors (Lipinski definition) is 3. The van der Waals surface area contributed by atoms with E-state index in [1.807, 2.05) is 66.6 Å². The Bertz CT molecular complexity index is 762. The van der Waals surface area contributed by atoms with Gasteiger partial charge in [-0.05, 0) is 41.5 Å². The first-order valence-electron chi connectivity index (χ1n) is 7.20. The van der Waals surface area contributed by atoms with E-state index in [-0.39, 0.29) is 0 Å². The van der Waals surface area contributed by atoms with E-state index < -0.39 is 0 Å². The molecule has 0 heterocycles. The minimum atomic E-state index is 0.500. The summed E-state index contributed by atoms with van der Waals surface area (Å²) in [5.41, 5.74) is 3.55. The van der Waals surface area contributed by atoms with Crippen LogP contribution in [0.1, 0.15) is 17.5 Å². The van der Waals surface area contributed by atoms with Crippen LogP contribution in [0.25, 0.3) is 11.6 Å². The first-order valence-corrected chi connectivity index (χ1v) is 7.99. The molecule has 114 valence electrons. The highest BCUT2D eigenvalue weighted by atomic mass is 79.9. The zero-order chi connectivity index (χ0) is 16.7. The van der Waals surface area contributed by atoms with Gasteiger partial charge in [0.1, 0.15) is 0 Å². The van der Waals surface area contributed by atoms with Gasteiger partial charge in [-0.2, -0.15) is 10.5 Å². The van der Waals surface area contributed by atoms with Crippen LogP contribution in [-0.2, 0) is 0 Å². The molecule has 23 heavy (non-hydrogen) atoms. The predicted molar refractivity (Wildman–Crippen MR) is 97.6 cm³/mol. The molecule has 0 unspecified atom stereocenters. The van der Waals surface area contributed by atoms with E-state index in [1.165, 1.54) is 0 Å². The lowest BCUT2D eigenvalue weighted by Crippen LogP contribution is -2.17. The summed E-state index contributed by atoms with van der Waals surface area (Å²) < 4.78 is 0.989. The number of anilines is 1. The van der Waals surface area contributed by atoms with Crippen molar-refractivity contribution in [3.8, 4) is 12.1 Å². The Morgan fingerprint density at radius 2 is 1.74 bits per heavy atom. The molecule has 0 saturated carbocycles.